The van der Waals surface area contributed by atoms with Gasteiger partial charge in [-0.2, -0.15) is 4.31 Å². The summed E-state index contributed by atoms with van der Waals surface area (Å²) in [5, 5.41) is 2.73. The number of ether oxygens (including phenoxy) is 2. The predicted octanol–water partition coefficient (Wildman–Crippen LogP) is 2.04. The van der Waals surface area contributed by atoms with Gasteiger partial charge >= 0.3 is 5.76 Å². The van der Waals surface area contributed by atoms with E-state index in [1.165, 1.54) is 28.1 Å². The molecule has 1 aliphatic rings. The molecule has 11 heteroatoms. The van der Waals surface area contributed by atoms with E-state index in [0.717, 1.165) is 0 Å². The van der Waals surface area contributed by atoms with Crippen molar-refractivity contribution in [2.24, 2.45) is 0 Å². The molecule has 0 aliphatic carbocycles. The number of amides is 1. The average molecular weight is 476 g/mol. The molecule has 33 heavy (non-hydrogen) atoms. The van der Waals surface area contributed by atoms with Crippen molar-refractivity contribution in [1.82, 2.24) is 8.87 Å². The van der Waals surface area contributed by atoms with E-state index in [4.69, 9.17) is 13.9 Å². The van der Waals surface area contributed by atoms with E-state index in [1.807, 2.05) is 6.07 Å². The number of sulfonamides is 1. The molecule has 2 heterocycles. The first-order valence-electron chi connectivity index (χ1n) is 10.5. The first-order chi connectivity index (χ1) is 15.9. The number of hydrogen-bond acceptors (Lipinski definition) is 7. The van der Waals surface area contributed by atoms with Gasteiger partial charge in [-0.1, -0.05) is 12.1 Å². The van der Waals surface area contributed by atoms with E-state index in [9.17, 15) is 18.0 Å². The maximum Gasteiger partial charge on any atom is 0.419 e. The number of methoxy groups -OCH3 is 1. The van der Waals surface area contributed by atoms with Crippen LogP contribution in [0.5, 0.6) is 5.75 Å². The molecule has 2 aromatic carbocycles. The number of carbonyl (C=O) groups is 1. The summed E-state index contributed by atoms with van der Waals surface area (Å²) in [6.45, 7) is 1.48. The Labute approximate surface area is 190 Å². The fraction of sp³-hybridized carbons (Fsp3) is 0.364. The third kappa shape index (κ3) is 4.95. The quantitative estimate of drug-likeness (QED) is 0.529. The average Bonchev–Trinajstić information content (AvgIpc) is 3.14. The van der Waals surface area contributed by atoms with E-state index in [1.54, 1.807) is 24.3 Å². The first-order valence-corrected chi connectivity index (χ1v) is 12.0. The van der Waals surface area contributed by atoms with Crippen LogP contribution in [0.4, 0.5) is 5.69 Å². The Kier molecular flexibility index (Phi) is 6.82. The van der Waals surface area contributed by atoms with Crippen LogP contribution < -0.4 is 15.8 Å². The molecular weight excluding hydrogens is 450 g/mol. The van der Waals surface area contributed by atoms with Crippen molar-refractivity contribution in [3.63, 3.8) is 0 Å². The first kappa shape index (κ1) is 23.0. The van der Waals surface area contributed by atoms with Gasteiger partial charge in [0.25, 0.3) is 0 Å². The van der Waals surface area contributed by atoms with Gasteiger partial charge in [-0.15, -0.1) is 0 Å². The van der Waals surface area contributed by atoms with Crippen molar-refractivity contribution in [1.29, 1.82) is 0 Å². The van der Waals surface area contributed by atoms with Gasteiger partial charge in [0, 0.05) is 31.7 Å². The van der Waals surface area contributed by atoms with Crippen LogP contribution in [0, 0.1) is 0 Å². The van der Waals surface area contributed by atoms with E-state index < -0.39 is 15.8 Å². The molecule has 1 aliphatic heterocycles. The highest BCUT2D eigenvalue weighted by Crippen LogP contribution is 2.30. The Bertz CT molecular complexity index is 1310. The number of morpholine rings is 1. The highest BCUT2D eigenvalue weighted by atomic mass is 32.2. The maximum absolute atomic E-state index is 13.1. The van der Waals surface area contributed by atoms with Gasteiger partial charge in [-0.3, -0.25) is 9.36 Å². The minimum Gasteiger partial charge on any atom is -0.495 e. The number of carbonyl (C=O) groups excluding carboxylic acids is 1. The number of oxazole rings is 1. The minimum atomic E-state index is -3.81. The Morgan fingerprint density at radius 2 is 1.91 bits per heavy atom. The molecule has 176 valence electrons. The minimum absolute atomic E-state index is 0.0129. The van der Waals surface area contributed by atoms with Crippen LogP contribution in [0.15, 0.2) is 56.6 Å². The van der Waals surface area contributed by atoms with Crippen molar-refractivity contribution in [2.75, 3.05) is 38.7 Å². The number of rotatable bonds is 8. The summed E-state index contributed by atoms with van der Waals surface area (Å²) >= 11 is 0. The summed E-state index contributed by atoms with van der Waals surface area (Å²) in [4.78, 5) is 24.5. The smallest absolute Gasteiger partial charge is 0.419 e. The fourth-order valence-corrected chi connectivity index (χ4v) is 5.32. The monoisotopic (exact) mass is 475 g/mol. The van der Waals surface area contributed by atoms with Gasteiger partial charge in [0.2, 0.25) is 15.9 Å². The Morgan fingerprint density at radius 1 is 1.15 bits per heavy atom. The SMILES string of the molecule is COc1ccc(NC(=O)CCCn2c(=O)oc3ccccc32)cc1S(=O)(=O)N1CCOCC1. The van der Waals surface area contributed by atoms with E-state index in [0.29, 0.717) is 43.0 Å². The standard InChI is InChI=1S/C22H25N3O7S/c1-30-19-9-8-16(15-20(19)33(28,29)24-11-13-31-14-12-24)23-21(26)7-4-10-25-17-5-2-3-6-18(17)32-22(25)27/h2-3,5-6,8-9,15H,4,7,10-14H2,1H3,(H,23,26). The number of aromatic nitrogens is 1. The van der Waals surface area contributed by atoms with Crippen LogP contribution in [-0.2, 0) is 26.1 Å². The van der Waals surface area contributed by atoms with Gasteiger partial charge < -0.3 is 19.2 Å². The van der Waals surface area contributed by atoms with Gasteiger partial charge in [0.15, 0.2) is 5.58 Å². The third-order valence-electron chi connectivity index (χ3n) is 5.39. The zero-order chi connectivity index (χ0) is 23.4. The van der Waals surface area contributed by atoms with Crippen molar-refractivity contribution in [3.8, 4) is 5.75 Å². The lowest BCUT2D eigenvalue weighted by atomic mass is 10.2. The number of nitrogens with zero attached hydrogens (tertiary/aromatic N) is 2. The highest BCUT2D eigenvalue weighted by molar-refractivity contribution is 7.89. The molecule has 3 aromatic rings. The molecule has 0 spiro atoms. The summed E-state index contributed by atoms with van der Waals surface area (Å²) in [5.41, 5.74) is 1.52. The summed E-state index contributed by atoms with van der Waals surface area (Å²) in [7, 11) is -2.41. The largest absolute Gasteiger partial charge is 0.495 e. The van der Waals surface area contributed by atoms with Gasteiger partial charge in [0.05, 0.1) is 25.8 Å². The molecule has 1 fully saturated rings. The fourth-order valence-electron chi connectivity index (χ4n) is 3.73. The maximum atomic E-state index is 13.1. The van der Waals surface area contributed by atoms with Gasteiger partial charge in [0.1, 0.15) is 10.6 Å². The third-order valence-corrected chi connectivity index (χ3v) is 7.31. The Balaban J connectivity index is 1.43. The highest BCUT2D eigenvalue weighted by Gasteiger charge is 2.29. The Morgan fingerprint density at radius 3 is 2.67 bits per heavy atom. The molecule has 4 rings (SSSR count). The molecule has 1 amide bonds. The van der Waals surface area contributed by atoms with Crippen LogP contribution in [0.3, 0.4) is 0 Å². The summed E-state index contributed by atoms with van der Waals surface area (Å²) in [6.07, 6.45) is 0.549. The molecule has 0 unspecified atom stereocenters. The second-order valence-corrected chi connectivity index (χ2v) is 9.43. The number of nitrogens with one attached hydrogen (secondary N) is 1. The molecule has 0 radical (unpaired) electrons. The second-order valence-electron chi connectivity index (χ2n) is 7.52. The number of benzene rings is 2. The van der Waals surface area contributed by atoms with Crippen molar-refractivity contribution < 1.29 is 27.1 Å². The van der Waals surface area contributed by atoms with Crippen molar-refractivity contribution >= 4 is 32.7 Å². The summed E-state index contributed by atoms with van der Waals surface area (Å²) in [6, 6.07) is 11.6. The summed E-state index contributed by atoms with van der Waals surface area (Å²) < 4.78 is 44.7. The second kappa shape index (κ2) is 9.77. The molecule has 0 saturated carbocycles. The number of aryl methyl sites for hydroxylation is 1. The van der Waals surface area contributed by atoms with Crippen LogP contribution >= 0.6 is 0 Å². The molecule has 0 atom stereocenters. The van der Waals surface area contributed by atoms with Crippen molar-refractivity contribution in [2.45, 2.75) is 24.3 Å². The number of anilines is 1. The zero-order valence-corrected chi connectivity index (χ0v) is 19.0. The molecule has 1 aromatic heterocycles. The number of fused-ring (bicyclic) bond motifs is 1. The topological polar surface area (TPSA) is 120 Å². The van der Waals surface area contributed by atoms with E-state index >= 15 is 0 Å². The summed E-state index contributed by atoms with van der Waals surface area (Å²) in [5.74, 6) is -0.564. The van der Waals surface area contributed by atoms with Crippen LogP contribution in [0.2, 0.25) is 0 Å². The molecular formula is C22H25N3O7S. The van der Waals surface area contributed by atoms with Crippen LogP contribution in [-0.4, -0.2) is 56.6 Å². The van der Waals surface area contributed by atoms with Crippen LogP contribution in [0.25, 0.3) is 11.1 Å². The lowest BCUT2D eigenvalue weighted by molar-refractivity contribution is -0.116. The van der Waals surface area contributed by atoms with Gasteiger partial charge in [-0.25, -0.2) is 13.2 Å². The number of para-hydroxylation sites is 2. The van der Waals surface area contributed by atoms with Crippen molar-refractivity contribution in [3.05, 3.63) is 53.0 Å². The molecule has 10 nitrogen and oxygen atoms in total. The zero-order valence-electron chi connectivity index (χ0n) is 18.2. The molecule has 1 saturated heterocycles. The Hall–Kier alpha value is -3.15. The number of hydrogen-bond donors (Lipinski definition) is 1. The van der Waals surface area contributed by atoms with Crippen LogP contribution in [0.1, 0.15) is 12.8 Å². The predicted molar refractivity (Wildman–Crippen MR) is 121 cm³/mol. The molecule has 0 bridgehead atoms. The normalized spacial score (nSPS) is 14.9. The lowest BCUT2D eigenvalue weighted by Crippen LogP contribution is -2.40. The lowest BCUT2D eigenvalue weighted by Gasteiger charge is -2.26. The molecule has 1 N–H and O–H groups in total. The van der Waals surface area contributed by atoms with E-state index in [-0.39, 0.29) is 36.1 Å². The van der Waals surface area contributed by atoms with E-state index in [2.05, 4.69) is 5.32 Å². The van der Waals surface area contributed by atoms with Gasteiger partial charge in [-0.05, 0) is 36.8 Å².